The van der Waals surface area contributed by atoms with E-state index in [1.807, 2.05) is 34.9 Å². The highest BCUT2D eigenvalue weighted by Crippen LogP contribution is 1.93. The quantitative estimate of drug-likeness (QED) is 0.677. The highest BCUT2D eigenvalue weighted by molar-refractivity contribution is 5.78. The van der Waals surface area contributed by atoms with E-state index in [1.54, 1.807) is 0 Å². The predicted octanol–water partition coefficient (Wildman–Crippen LogP) is 0.709. The molecule has 0 unspecified atom stereocenters. The van der Waals surface area contributed by atoms with Crippen LogP contribution < -0.4 is 5.32 Å². The second kappa shape index (κ2) is 5.14. The van der Waals surface area contributed by atoms with Crippen LogP contribution in [0, 0.1) is 5.92 Å². The van der Waals surface area contributed by atoms with E-state index in [0.29, 0.717) is 0 Å². The average Bonchev–Trinajstić information content (AvgIpc) is 1.84. The van der Waals surface area contributed by atoms with Gasteiger partial charge >= 0.3 is 0 Å². The minimum Gasteiger partial charge on any atom is -0.352 e. The number of rotatable bonds is 4. The Hall–Kier alpha value is -0.570. The Balaban J connectivity index is 3.69. The van der Waals surface area contributed by atoms with Crippen LogP contribution in [0.4, 0.5) is 0 Å². The van der Waals surface area contributed by atoms with Crippen molar-refractivity contribution in [1.82, 2.24) is 10.2 Å². The van der Waals surface area contributed by atoms with E-state index < -0.39 is 0 Å². The number of carbonyl (C=O) groups is 1. The van der Waals surface area contributed by atoms with E-state index in [2.05, 4.69) is 10.2 Å². The molecule has 0 aromatic heterocycles. The largest absolute Gasteiger partial charge is 0.352 e. The van der Waals surface area contributed by atoms with Crippen molar-refractivity contribution in [1.29, 1.82) is 0 Å². The number of amides is 1. The van der Waals surface area contributed by atoms with Gasteiger partial charge in [0.15, 0.2) is 0 Å². The van der Waals surface area contributed by atoms with Crippen LogP contribution in [-0.2, 0) is 4.79 Å². The molecule has 1 amide bonds. The van der Waals surface area contributed by atoms with E-state index in [0.717, 1.165) is 6.54 Å². The normalized spacial score (nSPS) is 13.6. The van der Waals surface area contributed by atoms with Gasteiger partial charge in [-0.05, 0) is 21.0 Å². The van der Waals surface area contributed by atoms with Crippen molar-refractivity contribution in [2.45, 2.75) is 26.8 Å². The van der Waals surface area contributed by atoms with Gasteiger partial charge in [-0.15, -0.1) is 0 Å². The maximum Gasteiger partial charge on any atom is 0.222 e. The second-order valence-electron chi connectivity index (χ2n) is 3.83. The summed E-state index contributed by atoms with van der Waals surface area (Å²) >= 11 is 0. The highest BCUT2D eigenvalue weighted by atomic mass is 16.1. The Morgan fingerprint density at radius 1 is 1.33 bits per heavy atom. The third kappa shape index (κ3) is 5.13. The summed E-state index contributed by atoms with van der Waals surface area (Å²) in [6, 6.07) is 0.231. The Labute approximate surface area is 75.1 Å². The number of nitrogens with one attached hydrogen (secondary N) is 1. The molecule has 72 valence electrons. The molecule has 12 heavy (non-hydrogen) atoms. The molecule has 0 bridgehead atoms. The van der Waals surface area contributed by atoms with Gasteiger partial charge in [0.05, 0.1) is 0 Å². The van der Waals surface area contributed by atoms with Crippen LogP contribution in [-0.4, -0.2) is 37.5 Å². The van der Waals surface area contributed by atoms with E-state index in [4.69, 9.17) is 0 Å². The molecule has 0 saturated heterocycles. The van der Waals surface area contributed by atoms with Gasteiger partial charge in [-0.3, -0.25) is 4.79 Å². The lowest BCUT2D eigenvalue weighted by Crippen LogP contribution is -2.41. The molecule has 0 saturated carbocycles. The fourth-order valence-corrected chi connectivity index (χ4v) is 1.00. The van der Waals surface area contributed by atoms with Crippen molar-refractivity contribution in [2.75, 3.05) is 20.6 Å². The molecule has 0 fully saturated rings. The van der Waals surface area contributed by atoms with Crippen LogP contribution in [0.15, 0.2) is 0 Å². The number of likely N-dealkylation sites (N-methyl/N-ethyl adjacent to an activating group) is 1. The summed E-state index contributed by atoms with van der Waals surface area (Å²) in [5, 5.41) is 2.93. The van der Waals surface area contributed by atoms with Crippen molar-refractivity contribution in [3.63, 3.8) is 0 Å². The molecular formula is C9H20N2O. The smallest absolute Gasteiger partial charge is 0.222 e. The van der Waals surface area contributed by atoms with E-state index in [1.165, 1.54) is 0 Å². The number of nitrogens with zero attached hydrogens (tertiary/aromatic N) is 1. The third-order valence-corrected chi connectivity index (χ3v) is 1.55. The molecule has 0 heterocycles. The average molecular weight is 172 g/mol. The zero-order chi connectivity index (χ0) is 9.72. The van der Waals surface area contributed by atoms with Crippen molar-refractivity contribution in [3.8, 4) is 0 Å². The van der Waals surface area contributed by atoms with Crippen LogP contribution in [0.25, 0.3) is 0 Å². The van der Waals surface area contributed by atoms with Crippen LogP contribution in [0.1, 0.15) is 20.8 Å². The first-order valence-electron chi connectivity index (χ1n) is 4.38. The van der Waals surface area contributed by atoms with Gasteiger partial charge in [-0.2, -0.15) is 0 Å². The molecule has 0 radical (unpaired) electrons. The maximum absolute atomic E-state index is 11.2. The van der Waals surface area contributed by atoms with Gasteiger partial charge in [-0.25, -0.2) is 0 Å². The molecule has 0 aromatic carbocycles. The fraction of sp³-hybridized carbons (Fsp3) is 0.889. The lowest BCUT2D eigenvalue weighted by Gasteiger charge is -2.19. The lowest BCUT2D eigenvalue weighted by atomic mass is 10.2. The first kappa shape index (κ1) is 11.4. The van der Waals surface area contributed by atoms with Crippen molar-refractivity contribution in [3.05, 3.63) is 0 Å². The van der Waals surface area contributed by atoms with Crippen LogP contribution >= 0.6 is 0 Å². The Bertz CT molecular complexity index is 143. The van der Waals surface area contributed by atoms with E-state index in [-0.39, 0.29) is 17.9 Å². The molecule has 1 N–H and O–H groups in total. The van der Waals surface area contributed by atoms with E-state index >= 15 is 0 Å². The summed E-state index contributed by atoms with van der Waals surface area (Å²) in [6.45, 7) is 6.70. The van der Waals surface area contributed by atoms with Gasteiger partial charge in [0, 0.05) is 18.5 Å². The second-order valence-corrected chi connectivity index (χ2v) is 3.83. The standard InChI is InChI=1S/C9H20N2O/c1-7(2)9(12)10-8(3)6-11(4)5/h7-8H,6H2,1-5H3,(H,10,12)/t8-/m1/s1. The summed E-state index contributed by atoms with van der Waals surface area (Å²) < 4.78 is 0. The maximum atomic E-state index is 11.2. The minimum absolute atomic E-state index is 0.0783. The summed E-state index contributed by atoms with van der Waals surface area (Å²) in [6.07, 6.45) is 0. The molecule has 0 aliphatic rings. The van der Waals surface area contributed by atoms with Crippen molar-refractivity contribution < 1.29 is 4.79 Å². The first-order valence-corrected chi connectivity index (χ1v) is 4.38. The van der Waals surface area contributed by atoms with Gasteiger partial charge in [0.2, 0.25) is 5.91 Å². The zero-order valence-corrected chi connectivity index (χ0v) is 8.72. The van der Waals surface area contributed by atoms with Gasteiger partial charge in [-0.1, -0.05) is 13.8 Å². The van der Waals surface area contributed by atoms with Crippen LogP contribution in [0.2, 0.25) is 0 Å². The summed E-state index contributed by atoms with van der Waals surface area (Å²) in [5.74, 6) is 0.207. The first-order chi connectivity index (χ1) is 5.43. The zero-order valence-electron chi connectivity index (χ0n) is 8.72. The minimum atomic E-state index is 0.0783. The Morgan fingerprint density at radius 2 is 1.83 bits per heavy atom. The molecule has 0 aliphatic heterocycles. The van der Waals surface area contributed by atoms with E-state index in [9.17, 15) is 4.79 Å². The molecule has 3 nitrogen and oxygen atoms in total. The molecule has 0 aromatic rings. The third-order valence-electron chi connectivity index (χ3n) is 1.55. The number of hydrogen-bond donors (Lipinski definition) is 1. The fourth-order valence-electron chi connectivity index (χ4n) is 1.00. The molecule has 1 atom stereocenters. The van der Waals surface area contributed by atoms with Crippen LogP contribution in [0.5, 0.6) is 0 Å². The number of hydrogen-bond acceptors (Lipinski definition) is 2. The molecule has 3 heteroatoms. The SMILES string of the molecule is CC(C)C(=O)N[C@H](C)CN(C)C. The van der Waals surface area contributed by atoms with Crippen molar-refractivity contribution in [2.24, 2.45) is 5.92 Å². The van der Waals surface area contributed by atoms with Gasteiger partial charge in [0.1, 0.15) is 0 Å². The molecule has 0 aliphatic carbocycles. The predicted molar refractivity (Wildman–Crippen MR) is 51.0 cm³/mol. The molecule has 0 spiro atoms. The topological polar surface area (TPSA) is 32.3 Å². The Morgan fingerprint density at radius 3 is 2.17 bits per heavy atom. The molecule has 0 rings (SSSR count). The highest BCUT2D eigenvalue weighted by Gasteiger charge is 2.10. The monoisotopic (exact) mass is 172 g/mol. The molecular weight excluding hydrogens is 152 g/mol. The lowest BCUT2D eigenvalue weighted by molar-refractivity contribution is -0.124. The van der Waals surface area contributed by atoms with Gasteiger partial charge < -0.3 is 10.2 Å². The summed E-state index contributed by atoms with van der Waals surface area (Å²) in [5.41, 5.74) is 0. The van der Waals surface area contributed by atoms with Gasteiger partial charge in [0.25, 0.3) is 0 Å². The van der Waals surface area contributed by atoms with Crippen LogP contribution in [0.3, 0.4) is 0 Å². The Kier molecular flexibility index (Phi) is 4.90. The number of carbonyl (C=O) groups excluding carboxylic acids is 1. The summed E-state index contributed by atoms with van der Waals surface area (Å²) in [4.78, 5) is 13.3. The summed E-state index contributed by atoms with van der Waals surface area (Å²) in [7, 11) is 4.00. The van der Waals surface area contributed by atoms with Crippen molar-refractivity contribution >= 4 is 5.91 Å².